The first-order valence-electron chi connectivity index (χ1n) is 14.1. The molecule has 0 aliphatic heterocycles. The van der Waals surface area contributed by atoms with Gasteiger partial charge < -0.3 is 20.4 Å². The van der Waals surface area contributed by atoms with E-state index in [9.17, 15) is 20.4 Å². The number of hydrogen-bond donors (Lipinski definition) is 4. The lowest BCUT2D eigenvalue weighted by Crippen LogP contribution is -2.52. The molecule has 192 valence electrons. The maximum atomic E-state index is 10.3. The number of rotatable bonds is 4. The Balaban J connectivity index is 2.60. The van der Waals surface area contributed by atoms with Gasteiger partial charge in [-0.1, -0.05) is 128 Å². The lowest BCUT2D eigenvalue weighted by Gasteiger charge is -2.47. The van der Waals surface area contributed by atoms with Gasteiger partial charge in [0, 0.05) is 10.8 Å². The summed E-state index contributed by atoms with van der Waals surface area (Å²) in [5, 5.41) is 41.1. The van der Waals surface area contributed by atoms with Crippen LogP contribution in [0.5, 0.6) is 0 Å². The Bertz CT molecular complexity index is 366. The normalized spacial score (nSPS) is 24.4. The van der Waals surface area contributed by atoms with Crippen LogP contribution in [0.2, 0.25) is 0 Å². The van der Waals surface area contributed by atoms with E-state index >= 15 is 0 Å². The van der Waals surface area contributed by atoms with Crippen molar-refractivity contribution in [1.29, 1.82) is 0 Å². The van der Waals surface area contributed by atoms with Crippen LogP contribution in [-0.4, -0.2) is 46.9 Å². The summed E-state index contributed by atoms with van der Waals surface area (Å²) in [5.74, 6) is 0. The Morgan fingerprint density at radius 2 is 0.438 bits per heavy atom. The van der Waals surface area contributed by atoms with Crippen LogP contribution in [0.4, 0.5) is 0 Å². The van der Waals surface area contributed by atoms with Gasteiger partial charge in [0.15, 0.2) is 0 Å². The highest BCUT2D eigenvalue weighted by Gasteiger charge is 2.49. The van der Waals surface area contributed by atoms with Gasteiger partial charge in [0.1, 0.15) is 0 Å². The molecule has 0 spiro atoms. The van der Waals surface area contributed by atoms with E-state index in [1.54, 1.807) is 0 Å². The molecule has 4 N–H and O–H groups in total. The third-order valence-corrected chi connectivity index (χ3v) is 8.40. The maximum Gasteiger partial charge on any atom is 0.0516 e. The van der Waals surface area contributed by atoms with Crippen LogP contribution in [0, 0.1) is 10.8 Å². The molecule has 0 heterocycles. The van der Waals surface area contributed by atoms with Gasteiger partial charge in [-0.05, 0) is 12.8 Å². The molecule has 0 atom stereocenters. The van der Waals surface area contributed by atoms with Crippen LogP contribution in [-0.2, 0) is 0 Å². The molecule has 0 unspecified atom stereocenters. The van der Waals surface area contributed by atoms with E-state index in [2.05, 4.69) is 0 Å². The fourth-order valence-electron chi connectivity index (χ4n) is 5.73. The van der Waals surface area contributed by atoms with Crippen molar-refractivity contribution < 1.29 is 20.4 Å². The number of aliphatic hydroxyl groups excluding tert-OH is 4. The van der Waals surface area contributed by atoms with Crippen molar-refractivity contribution in [2.24, 2.45) is 10.8 Å². The minimum atomic E-state index is -0.801. The Labute approximate surface area is 199 Å². The highest BCUT2D eigenvalue weighted by Crippen LogP contribution is 2.46. The van der Waals surface area contributed by atoms with E-state index in [1.807, 2.05) is 0 Å². The molecule has 0 radical (unpaired) electrons. The fraction of sp³-hybridized carbons (Fsp3) is 1.00. The van der Waals surface area contributed by atoms with E-state index in [0.29, 0.717) is 12.8 Å². The van der Waals surface area contributed by atoms with Gasteiger partial charge in [-0.3, -0.25) is 0 Å². The number of hydrogen-bond acceptors (Lipinski definition) is 4. The van der Waals surface area contributed by atoms with Crippen molar-refractivity contribution in [3.8, 4) is 0 Å². The molecule has 4 nitrogen and oxygen atoms in total. The zero-order chi connectivity index (χ0) is 23.4. The standard InChI is InChI=1S/C28H56O4/c29-23-27(24-30)21-19-17-15-13-11-9-7-5-3-1-2-4-6-8-10-12-14-16-18-20-22-28(27,25-31)26-32/h29-32H,1-26H2. The smallest absolute Gasteiger partial charge is 0.0516 e. The number of aliphatic hydroxyl groups is 4. The lowest BCUT2D eigenvalue weighted by atomic mass is 9.60. The third kappa shape index (κ3) is 10.8. The van der Waals surface area contributed by atoms with Gasteiger partial charge in [0.05, 0.1) is 26.4 Å². The van der Waals surface area contributed by atoms with Gasteiger partial charge in [-0.15, -0.1) is 0 Å². The zero-order valence-corrected chi connectivity index (χ0v) is 21.2. The second-order valence-electron chi connectivity index (χ2n) is 10.8. The van der Waals surface area contributed by atoms with Crippen molar-refractivity contribution >= 4 is 0 Å². The largest absolute Gasteiger partial charge is 0.396 e. The zero-order valence-electron chi connectivity index (χ0n) is 21.2. The average molecular weight is 457 g/mol. The van der Waals surface area contributed by atoms with E-state index < -0.39 is 10.8 Å². The van der Waals surface area contributed by atoms with Gasteiger partial charge in [-0.25, -0.2) is 0 Å². The van der Waals surface area contributed by atoms with Crippen LogP contribution < -0.4 is 0 Å². The van der Waals surface area contributed by atoms with Crippen molar-refractivity contribution in [2.45, 2.75) is 141 Å². The molecule has 4 heteroatoms. The molecule has 0 aromatic rings. The first-order chi connectivity index (χ1) is 15.7. The van der Waals surface area contributed by atoms with Crippen LogP contribution >= 0.6 is 0 Å². The predicted molar refractivity (Wildman–Crippen MR) is 135 cm³/mol. The Morgan fingerprint density at radius 3 is 0.594 bits per heavy atom. The van der Waals surface area contributed by atoms with E-state index in [0.717, 1.165) is 25.7 Å². The molecule has 1 fully saturated rings. The highest BCUT2D eigenvalue weighted by molar-refractivity contribution is 4.97. The molecule has 0 aromatic carbocycles. The fourth-order valence-corrected chi connectivity index (χ4v) is 5.73. The molecule has 32 heavy (non-hydrogen) atoms. The molecule has 0 amide bonds. The van der Waals surface area contributed by atoms with Crippen LogP contribution in [0.25, 0.3) is 0 Å². The van der Waals surface area contributed by atoms with Crippen molar-refractivity contribution in [3.63, 3.8) is 0 Å². The molecule has 1 aliphatic carbocycles. The maximum absolute atomic E-state index is 10.3. The van der Waals surface area contributed by atoms with Crippen molar-refractivity contribution in [2.75, 3.05) is 26.4 Å². The SMILES string of the molecule is OCC1(CO)CCCCCCCCCCCCCCCCCCCCCCC1(CO)CO. The summed E-state index contributed by atoms with van der Waals surface area (Å²) in [4.78, 5) is 0. The van der Waals surface area contributed by atoms with Gasteiger partial charge in [0.25, 0.3) is 0 Å². The van der Waals surface area contributed by atoms with Crippen molar-refractivity contribution in [1.82, 2.24) is 0 Å². The van der Waals surface area contributed by atoms with E-state index in [4.69, 9.17) is 0 Å². The molecular weight excluding hydrogens is 400 g/mol. The Hall–Kier alpha value is -0.160. The topological polar surface area (TPSA) is 80.9 Å². The summed E-state index contributed by atoms with van der Waals surface area (Å²) in [6, 6.07) is 0. The second kappa shape index (κ2) is 19.2. The molecule has 0 saturated heterocycles. The summed E-state index contributed by atoms with van der Waals surface area (Å²) >= 11 is 0. The molecule has 1 aliphatic rings. The van der Waals surface area contributed by atoms with Crippen LogP contribution in [0.1, 0.15) is 141 Å². The lowest BCUT2D eigenvalue weighted by molar-refractivity contribution is -0.124. The molecule has 1 saturated carbocycles. The van der Waals surface area contributed by atoms with Crippen LogP contribution in [0.3, 0.4) is 0 Å². The molecule has 0 bridgehead atoms. The molecule has 0 aromatic heterocycles. The minimum absolute atomic E-state index is 0.176. The summed E-state index contributed by atoms with van der Waals surface area (Å²) < 4.78 is 0. The Kier molecular flexibility index (Phi) is 17.9. The first-order valence-corrected chi connectivity index (χ1v) is 14.1. The molecular formula is C28H56O4. The molecule has 1 rings (SSSR count). The monoisotopic (exact) mass is 456 g/mol. The third-order valence-electron chi connectivity index (χ3n) is 8.40. The van der Waals surface area contributed by atoms with Crippen molar-refractivity contribution in [3.05, 3.63) is 0 Å². The summed E-state index contributed by atoms with van der Waals surface area (Å²) in [6.07, 6.45) is 26.8. The Morgan fingerprint density at radius 1 is 0.281 bits per heavy atom. The highest BCUT2D eigenvalue weighted by atomic mass is 16.3. The van der Waals surface area contributed by atoms with Gasteiger partial charge in [0.2, 0.25) is 0 Å². The van der Waals surface area contributed by atoms with E-state index in [1.165, 1.54) is 103 Å². The summed E-state index contributed by atoms with van der Waals surface area (Å²) in [5.41, 5.74) is -1.60. The predicted octanol–water partition coefficient (Wildman–Crippen LogP) is 6.52. The average Bonchev–Trinajstić information content (AvgIpc) is 2.82. The van der Waals surface area contributed by atoms with Gasteiger partial charge >= 0.3 is 0 Å². The quantitative estimate of drug-likeness (QED) is 0.388. The van der Waals surface area contributed by atoms with Gasteiger partial charge in [-0.2, -0.15) is 0 Å². The first kappa shape index (κ1) is 29.9. The second-order valence-corrected chi connectivity index (χ2v) is 10.8. The summed E-state index contributed by atoms with van der Waals surface area (Å²) in [6.45, 7) is -0.704. The minimum Gasteiger partial charge on any atom is -0.396 e. The summed E-state index contributed by atoms with van der Waals surface area (Å²) in [7, 11) is 0. The van der Waals surface area contributed by atoms with E-state index in [-0.39, 0.29) is 26.4 Å². The van der Waals surface area contributed by atoms with Crippen LogP contribution in [0.15, 0.2) is 0 Å².